The molecule has 4 nitrogen and oxygen atoms in total. The Morgan fingerprint density at radius 3 is 2.48 bits per heavy atom. The van der Waals surface area contributed by atoms with E-state index in [1.165, 1.54) is 0 Å². The van der Waals surface area contributed by atoms with Gasteiger partial charge in [-0.1, -0.05) is 12.1 Å². The number of ketones is 1. The third-order valence-electron chi connectivity index (χ3n) is 5.08. The highest BCUT2D eigenvalue weighted by molar-refractivity contribution is 7.91. The average Bonchev–Trinajstić information content (AvgIpc) is 2.55. The second kappa shape index (κ2) is 8.84. The highest BCUT2D eigenvalue weighted by Crippen LogP contribution is 2.31. The van der Waals surface area contributed by atoms with Crippen LogP contribution in [0.3, 0.4) is 0 Å². The third-order valence-corrected chi connectivity index (χ3v) is 7.45. The van der Waals surface area contributed by atoms with Crippen LogP contribution in [-0.4, -0.2) is 31.8 Å². The number of sulfone groups is 1. The Labute approximate surface area is 151 Å². The van der Waals surface area contributed by atoms with Crippen LogP contribution >= 0.6 is 0 Å². The van der Waals surface area contributed by atoms with E-state index in [1.54, 1.807) is 13.8 Å². The zero-order valence-electron chi connectivity index (χ0n) is 15.5. The van der Waals surface area contributed by atoms with Gasteiger partial charge in [0.15, 0.2) is 9.84 Å². The fourth-order valence-corrected chi connectivity index (χ4v) is 4.80. The summed E-state index contributed by atoms with van der Waals surface area (Å²) in [5, 5.41) is -0.315. The Bertz CT molecular complexity index is 671. The van der Waals surface area contributed by atoms with Crippen LogP contribution in [0.15, 0.2) is 24.3 Å². The molecule has 5 heteroatoms. The summed E-state index contributed by atoms with van der Waals surface area (Å²) >= 11 is 0. The standard InChI is InChI=1S/C20H30O4S/c1-4-24-19-7-5-6-17(12-19)13-20(21)18-10-8-16(9-11-18)14-25(22,23)15(2)3/h5-7,12,15-16,18H,4,8-11,13-14H2,1-3H3. The van der Waals surface area contributed by atoms with Crippen LogP contribution in [0.2, 0.25) is 0 Å². The SMILES string of the molecule is CCOc1cccc(CC(=O)C2CCC(CS(=O)(=O)C(C)C)CC2)c1. The summed E-state index contributed by atoms with van der Waals surface area (Å²) in [4.78, 5) is 12.6. The Kier molecular flexibility index (Phi) is 7.05. The summed E-state index contributed by atoms with van der Waals surface area (Å²) in [6, 6.07) is 7.71. The molecular formula is C20H30O4S. The maximum absolute atomic E-state index is 12.6. The molecule has 0 atom stereocenters. The number of Topliss-reactive ketones (excluding diaryl/α,β-unsaturated/α-hetero) is 1. The number of carbonyl (C=O) groups is 1. The number of benzene rings is 1. The second-order valence-electron chi connectivity index (χ2n) is 7.32. The van der Waals surface area contributed by atoms with Crippen LogP contribution in [0.25, 0.3) is 0 Å². The Hall–Kier alpha value is -1.36. The first-order valence-corrected chi connectivity index (χ1v) is 11.0. The van der Waals surface area contributed by atoms with E-state index in [0.717, 1.165) is 37.0 Å². The van der Waals surface area contributed by atoms with Crippen LogP contribution in [0.4, 0.5) is 0 Å². The third kappa shape index (κ3) is 5.84. The van der Waals surface area contributed by atoms with Gasteiger partial charge in [-0.3, -0.25) is 4.79 Å². The van der Waals surface area contributed by atoms with Gasteiger partial charge < -0.3 is 4.74 Å². The molecular weight excluding hydrogens is 336 g/mol. The lowest BCUT2D eigenvalue weighted by Crippen LogP contribution is -2.29. The van der Waals surface area contributed by atoms with E-state index >= 15 is 0 Å². The van der Waals surface area contributed by atoms with Crippen molar-refractivity contribution in [1.82, 2.24) is 0 Å². The molecule has 0 N–H and O–H groups in total. The minimum absolute atomic E-state index is 0.0637. The van der Waals surface area contributed by atoms with Crippen molar-refractivity contribution in [2.24, 2.45) is 11.8 Å². The summed E-state index contributed by atoms with van der Waals surface area (Å²) in [7, 11) is -2.99. The molecule has 0 unspecified atom stereocenters. The van der Waals surface area contributed by atoms with E-state index in [-0.39, 0.29) is 28.6 Å². The molecule has 0 amide bonds. The maximum atomic E-state index is 12.6. The maximum Gasteiger partial charge on any atom is 0.152 e. The van der Waals surface area contributed by atoms with Crippen LogP contribution < -0.4 is 4.74 Å². The van der Waals surface area contributed by atoms with Gasteiger partial charge >= 0.3 is 0 Å². The van der Waals surface area contributed by atoms with Gasteiger partial charge in [0.1, 0.15) is 11.5 Å². The van der Waals surface area contributed by atoms with E-state index in [2.05, 4.69) is 0 Å². The summed E-state index contributed by atoms with van der Waals surface area (Å²) in [5.41, 5.74) is 0.987. The topological polar surface area (TPSA) is 60.4 Å². The molecule has 1 aliphatic carbocycles. The quantitative estimate of drug-likeness (QED) is 0.701. The molecule has 0 aliphatic heterocycles. The van der Waals surface area contributed by atoms with E-state index in [1.807, 2.05) is 31.2 Å². The highest BCUT2D eigenvalue weighted by atomic mass is 32.2. The van der Waals surface area contributed by atoms with E-state index in [4.69, 9.17) is 4.74 Å². The molecule has 0 aromatic heterocycles. The molecule has 0 saturated heterocycles. The van der Waals surface area contributed by atoms with Gasteiger partial charge in [-0.15, -0.1) is 0 Å². The van der Waals surface area contributed by atoms with Crippen LogP contribution in [0.1, 0.15) is 52.0 Å². The zero-order valence-corrected chi connectivity index (χ0v) is 16.3. The molecule has 1 aliphatic rings. The molecule has 0 spiro atoms. The largest absolute Gasteiger partial charge is 0.494 e. The zero-order chi connectivity index (χ0) is 18.4. The van der Waals surface area contributed by atoms with Gasteiger partial charge in [-0.25, -0.2) is 8.42 Å². The van der Waals surface area contributed by atoms with Crippen molar-refractivity contribution in [1.29, 1.82) is 0 Å². The van der Waals surface area contributed by atoms with Gasteiger partial charge in [0, 0.05) is 12.3 Å². The van der Waals surface area contributed by atoms with Crippen molar-refractivity contribution in [3.05, 3.63) is 29.8 Å². The van der Waals surface area contributed by atoms with E-state index in [0.29, 0.717) is 13.0 Å². The van der Waals surface area contributed by atoms with Gasteiger partial charge in [0.25, 0.3) is 0 Å². The highest BCUT2D eigenvalue weighted by Gasteiger charge is 2.29. The summed E-state index contributed by atoms with van der Waals surface area (Å²) in [6.45, 7) is 6.03. The van der Waals surface area contributed by atoms with Crippen LogP contribution in [0.5, 0.6) is 5.75 Å². The number of hydrogen-bond acceptors (Lipinski definition) is 4. The summed E-state index contributed by atoms with van der Waals surface area (Å²) < 4.78 is 29.6. The lowest BCUT2D eigenvalue weighted by molar-refractivity contribution is -0.123. The minimum Gasteiger partial charge on any atom is -0.494 e. The molecule has 0 bridgehead atoms. The molecule has 0 heterocycles. The fourth-order valence-electron chi connectivity index (χ4n) is 3.43. The number of carbonyl (C=O) groups excluding carboxylic acids is 1. The average molecular weight is 367 g/mol. The lowest BCUT2D eigenvalue weighted by atomic mass is 9.79. The Morgan fingerprint density at radius 2 is 1.88 bits per heavy atom. The molecule has 1 aromatic carbocycles. The molecule has 140 valence electrons. The van der Waals surface area contributed by atoms with Crippen molar-refractivity contribution in [2.45, 2.75) is 58.1 Å². The second-order valence-corrected chi connectivity index (χ2v) is 9.92. The fraction of sp³-hybridized carbons (Fsp3) is 0.650. The molecule has 0 radical (unpaired) electrons. The number of hydrogen-bond donors (Lipinski definition) is 0. The van der Waals surface area contributed by atoms with Crippen molar-refractivity contribution < 1.29 is 17.9 Å². The van der Waals surface area contributed by atoms with Crippen molar-refractivity contribution >= 4 is 15.6 Å². The first kappa shape index (κ1) is 20.0. The Morgan fingerprint density at radius 1 is 1.20 bits per heavy atom. The number of rotatable bonds is 8. The van der Waals surface area contributed by atoms with Crippen molar-refractivity contribution in [3.8, 4) is 5.75 Å². The van der Waals surface area contributed by atoms with E-state index < -0.39 is 9.84 Å². The molecule has 1 saturated carbocycles. The van der Waals surface area contributed by atoms with Gasteiger partial charge in [0.05, 0.1) is 17.6 Å². The van der Waals surface area contributed by atoms with E-state index in [9.17, 15) is 13.2 Å². The summed E-state index contributed by atoms with van der Waals surface area (Å²) in [6.07, 6.45) is 3.72. The molecule has 1 fully saturated rings. The van der Waals surface area contributed by atoms with Crippen LogP contribution in [0, 0.1) is 11.8 Å². The van der Waals surface area contributed by atoms with Gasteiger partial charge in [-0.2, -0.15) is 0 Å². The number of ether oxygens (including phenoxy) is 1. The predicted octanol–water partition coefficient (Wildman–Crippen LogP) is 3.83. The van der Waals surface area contributed by atoms with Crippen molar-refractivity contribution in [3.63, 3.8) is 0 Å². The molecule has 2 rings (SSSR count). The van der Waals surface area contributed by atoms with Gasteiger partial charge in [-0.05, 0) is 70.1 Å². The monoisotopic (exact) mass is 366 g/mol. The smallest absolute Gasteiger partial charge is 0.152 e. The Balaban J connectivity index is 1.86. The minimum atomic E-state index is -2.99. The van der Waals surface area contributed by atoms with Gasteiger partial charge in [0.2, 0.25) is 0 Å². The summed E-state index contributed by atoms with van der Waals surface area (Å²) in [5.74, 6) is 1.60. The first-order chi connectivity index (χ1) is 11.8. The molecule has 25 heavy (non-hydrogen) atoms. The molecule has 1 aromatic rings. The normalized spacial score (nSPS) is 21.3. The predicted molar refractivity (Wildman–Crippen MR) is 101 cm³/mol. The lowest BCUT2D eigenvalue weighted by Gasteiger charge is -2.28. The first-order valence-electron chi connectivity index (χ1n) is 9.27. The van der Waals surface area contributed by atoms with Crippen LogP contribution in [-0.2, 0) is 21.1 Å². The van der Waals surface area contributed by atoms with Crippen molar-refractivity contribution in [2.75, 3.05) is 12.4 Å².